The number of nitrogens with one attached hydrogen (secondary N) is 1. The van der Waals surface area contributed by atoms with Gasteiger partial charge in [-0.3, -0.25) is 14.4 Å². The number of hydrogen-bond donors (Lipinski definition) is 1. The van der Waals surface area contributed by atoms with E-state index in [0.717, 1.165) is 12.7 Å². The summed E-state index contributed by atoms with van der Waals surface area (Å²) < 4.78 is 44.7. The number of carbonyl (C=O) groups excluding carboxylic acids is 1. The van der Waals surface area contributed by atoms with Crippen molar-refractivity contribution in [3.8, 4) is 5.75 Å². The van der Waals surface area contributed by atoms with Gasteiger partial charge in [-0.1, -0.05) is 0 Å². The molecule has 2 aliphatic rings. The van der Waals surface area contributed by atoms with Crippen LogP contribution in [0.2, 0.25) is 0 Å². The third kappa shape index (κ3) is 2.80. The molecule has 0 aromatic heterocycles. The Kier molecular flexibility index (Phi) is 3.69. The van der Waals surface area contributed by atoms with Crippen LogP contribution in [-0.4, -0.2) is 26.2 Å². The number of nitrogens with zero attached hydrogens (tertiary/aromatic N) is 1. The summed E-state index contributed by atoms with van der Waals surface area (Å²) in [6, 6.07) is 10.4. The Morgan fingerprint density at radius 1 is 1.15 bits per heavy atom. The molecule has 136 valence electrons. The number of fused-ring (bicyclic) bond motifs is 1. The van der Waals surface area contributed by atoms with E-state index in [9.17, 15) is 17.6 Å². The highest BCUT2D eigenvalue weighted by Gasteiger charge is 2.53. The second-order valence-electron chi connectivity index (χ2n) is 6.62. The van der Waals surface area contributed by atoms with Crippen LogP contribution in [0.5, 0.6) is 5.75 Å². The van der Waals surface area contributed by atoms with Gasteiger partial charge in [-0.25, -0.2) is 12.8 Å². The Balaban J connectivity index is 1.82. The molecule has 1 amide bonds. The van der Waals surface area contributed by atoms with Gasteiger partial charge in [0, 0.05) is 11.8 Å². The Morgan fingerprint density at radius 3 is 2.42 bits per heavy atom. The standard InChI is InChI=1S/C18H17FN2O4S/c1-26(23,24)20-13-5-8-15-16(11-13)25-18(9-2-10-18)17(22)21(15)14-6-3-12(19)4-7-14/h3-8,11,20H,2,9-10H2,1H3. The van der Waals surface area contributed by atoms with Crippen molar-refractivity contribution in [3.63, 3.8) is 0 Å². The molecule has 1 saturated carbocycles. The molecule has 0 bridgehead atoms. The summed E-state index contributed by atoms with van der Waals surface area (Å²) in [4.78, 5) is 14.6. The number of amides is 1. The molecule has 6 nitrogen and oxygen atoms in total. The minimum absolute atomic E-state index is 0.188. The van der Waals surface area contributed by atoms with Crippen LogP contribution in [0.3, 0.4) is 0 Å². The maximum atomic E-state index is 13.3. The van der Waals surface area contributed by atoms with Gasteiger partial charge in [0.05, 0.1) is 17.6 Å². The normalized spacial score (nSPS) is 18.1. The van der Waals surface area contributed by atoms with E-state index in [4.69, 9.17) is 4.74 Å². The van der Waals surface area contributed by atoms with Crippen molar-refractivity contribution in [2.45, 2.75) is 24.9 Å². The van der Waals surface area contributed by atoms with Crippen LogP contribution < -0.4 is 14.4 Å². The second kappa shape index (κ2) is 5.70. The number of hydrogen-bond acceptors (Lipinski definition) is 4. The lowest BCUT2D eigenvalue weighted by molar-refractivity contribution is -0.142. The summed E-state index contributed by atoms with van der Waals surface area (Å²) in [6.45, 7) is 0. The first-order chi connectivity index (χ1) is 12.3. The molecule has 2 aromatic carbocycles. The number of rotatable bonds is 3. The number of benzene rings is 2. The molecule has 8 heteroatoms. The molecule has 26 heavy (non-hydrogen) atoms. The van der Waals surface area contributed by atoms with E-state index in [1.54, 1.807) is 18.2 Å². The zero-order valence-electron chi connectivity index (χ0n) is 14.0. The van der Waals surface area contributed by atoms with Gasteiger partial charge in [-0.15, -0.1) is 0 Å². The lowest BCUT2D eigenvalue weighted by Crippen LogP contribution is -2.58. The van der Waals surface area contributed by atoms with Gasteiger partial charge in [0.15, 0.2) is 5.60 Å². The fourth-order valence-corrected chi connectivity index (χ4v) is 3.84. The zero-order valence-corrected chi connectivity index (χ0v) is 14.8. The van der Waals surface area contributed by atoms with Crippen molar-refractivity contribution in [1.82, 2.24) is 0 Å². The van der Waals surface area contributed by atoms with Crippen molar-refractivity contribution in [2.75, 3.05) is 15.9 Å². The molecule has 4 rings (SSSR count). The van der Waals surface area contributed by atoms with E-state index in [0.29, 0.717) is 35.7 Å². The Labute approximate surface area is 150 Å². The maximum absolute atomic E-state index is 13.3. The van der Waals surface area contributed by atoms with Crippen LogP contribution in [-0.2, 0) is 14.8 Å². The van der Waals surface area contributed by atoms with Crippen molar-refractivity contribution in [3.05, 3.63) is 48.3 Å². The van der Waals surface area contributed by atoms with Gasteiger partial charge in [0.1, 0.15) is 11.6 Å². The first-order valence-electron chi connectivity index (χ1n) is 8.18. The van der Waals surface area contributed by atoms with Crippen molar-refractivity contribution < 1.29 is 22.3 Å². The summed E-state index contributed by atoms with van der Waals surface area (Å²) in [5.74, 6) is -0.158. The summed E-state index contributed by atoms with van der Waals surface area (Å²) >= 11 is 0. The molecule has 1 N–H and O–H groups in total. The summed E-state index contributed by atoms with van der Waals surface area (Å²) in [7, 11) is -3.43. The van der Waals surface area contributed by atoms with Crippen LogP contribution in [0.1, 0.15) is 19.3 Å². The summed E-state index contributed by atoms with van der Waals surface area (Å²) in [6.07, 6.45) is 3.12. The highest BCUT2D eigenvalue weighted by Crippen LogP contribution is 2.49. The number of ether oxygens (including phenoxy) is 1. The summed E-state index contributed by atoms with van der Waals surface area (Å²) in [5.41, 5.74) is 0.453. The molecule has 2 aromatic rings. The van der Waals surface area contributed by atoms with E-state index in [1.165, 1.54) is 29.2 Å². The molecule has 0 atom stereocenters. The largest absolute Gasteiger partial charge is 0.475 e. The second-order valence-corrected chi connectivity index (χ2v) is 8.37. The smallest absolute Gasteiger partial charge is 0.275 e. The Morgan fingerprint density at radius 2 is 1.85 bits per heavy atom. The quantitative estimate of drug-likeness (QED) is 0.893. The van der Waals surface area contributed by atoms with Crippen molar-refractivity contribution >= 4 is 33.0 Å². The van der Waals surface area contributed by atoms with E-state index in [1.807, 2.05) is 0 Å². The average Bonchev–Trinajstić information content (AvgIpc) is 2.52. The third-order valence-corrected chi connectivity index (χ3v) is 5.25. The predicted molar refractivity (Wildman–Crippen MR) is 95.7 cm³/mol. The number of halogens is 1. The van der Waals surface area contributed by atoms with Gasteiger partial charge in [-0.05, 0) is 55.7 Å². The van der Waals surface area contributed by atoms with Crippen LogP contribution in [0.4, 0.5) is 21.5 Å². The minimum atomic E-state index is -3.43. The van der Waals surface area contributed by atoms with Gasteiger partial charge < -0.3 is 4.74 Å². The molecule has 1 fully saturated rings. The SMILES string of the molecule is CS(=O)(=O)Nc1ccc2c(c1)OC1(CCC1)C(=O)N2c1ccc(F)cc1. The van der Waals surface area contributed by atoms with E-state index in [2.05, 4.69) is 4.72 Å². The molecule has 1 heterocycles. The zero-order chi connectivity index (χ0) is 18.5. The first kappa shape index (κ1) is 16.8. The van der Waals surface area contributed by atoms with Crippen LogP contribution >= 0.6 is 0 Å². The minimum Gasteiger partial charge on any atom is -0.475 e. The molecule has 0 saturated heterocycles. The van der Waals surface area contributed by atoms with Crippen LogP contribution in [0, 0.1) is 5.82 Å². The lowest BCUT2D eigenvalue weighted by atomic mass is 9.77. The highest BCUT2D eigenvalue weighted by molar-refractivity contribution is 7.92. The molecule has 1 spiro atoms. The van der Waals surface area contributed by atoms with Crippen LogP contribution in [0.25, 0.3) is 0 Å². The van der Waals surface area contributed by atoms with E-state index >= 15 is 0 Å². The van der Waals surface area contributed by atoms with Gasteiger partial charge in [0.25, 0.3) is 5.91 Å². The van der Waals surface area contributed by atoms with E-state index < -0.39 is 15.6 Å². The monoisotopic (exact) mass is 376 g/mol. The average molecular weight is 376 g/mol. The fourth-order valence-electron chi connectivity index (χ4n) is 3.29. The molecule has 0 radical (unpaired) electrons. The molecular formula is C18H17FN2O4S. The van der Waals surface area contributed by atoms with Gasteiger partial charge in [0.2, 0.25) is 10.0 Å². The lowest BCUT2D eigenvalue weighted by Gasteiger charge is -2.47. The Hall–Kier alpha value is -2.61. The van der Waals surface area contributed by atoms with Gasteiger partial charge >= 0.3 is 0 Å². The maximum Gasteiger partial charge on any atom is 0.275 e. The topological polar surface area (TPSA) is 75.7 Å². The van der Waals surface area contributed by atoms with E-state index in [-0.39, 0.29) is 11.7 Å². The molecule has 0 unspecified atom stereocenters. The number of sulfonamides is 1. The van der Waals surface area contributed by atoms with Crippen molar-refractivity contribution in [1.29, 1.82) is 0 Å². The molecule has 1 aliphatic carbocycles. The number of anilines is 3. The third-order valence-electron chi connectivity index (χ3n) is 4.65. The van der Waals surface area contributed by atoms with Gasteiger partial charge in [-0.2, -0.15) is 0 Å². The molecule has 1 aliphatic heterocycles. The predicted octanol–water partition coefficient (Wildman–Crippen LogP) is 3.18. The van der Waals surface area contributed by atoms with Crippen molar-refractivity contribution in [2.24, 2.45) is 0 Å². The highest BCUT2D eigenvalue weighted by atomic mass is 32.2. The first-order valence-corrected chi connectivity index (χ1v) is 10.1. The van der Waals surface area contributed by atoms with Crippen LogP contribution in [0.15, 0.2) is 42.5 Å². The fraction of sp³-hybridized carbons (Fsp3) is 0.278. The number of carbonyl (C=O) groups is 1. The summed E-state index contributed by atoms with van der Waals surface area (Å²) in [5, 5.41) is 0. The molecular weight excluding hydrogens is 359 g/mol. The Bertz CT molecular complexity index is 985.